The van der Waals surface area contributed by atoms with E-state index in [-0.39, 0.29) is 5.91 Å². The van der Waals surface area contributed by atoms with Crippen LogP contribution >= 0.6 is 0 Å². The third kappa shape index (κ3) is 4.41. The Kier molecular flexibility index (Phi) is 6.32. The summed E-state index contributed by atoms with van der Waals surface area (Å²) in [7, 11) is 1.62. The van der Waals surface area contributed by atoms with E-state index in [2.05, 4.69) is 16.5 Å². The Morgan fingerprint density at radius 1 is 1.03 bits per heavy atom. The number of carbonyl (C=O) groups excluding carboxylic acids is 1. The molecule has 0 N–H and O–H groups in total. The number of aromatic nitrogens is 1. The predicted molar refractivity (Wildman–Crippen MR) is 133 cm³/mol. The van der Waals surface area contributed by atoms with Crippen LogP contribution in [0.4, 0.5) is 5.69 Å². The third-order valence-electron chi connectivity index (χ3n) is 6.51. The second-order valence-corrected chi connectivity index (χ2v) is 8.67. The van der Waals surface area contributed by atoms with Gasteiger partial charge in [0, 0.05) is 29.4 Å². The molecule has 0 atom stereocenters. The van der Waals surface area contributed by atoms with Crippen molar-refractivity contribution in [3.8, 4) is 11.5 Å². The highest BCUT2D eigenvalue weighted by molar-refractivity contribution is 6.09. The van der Waals surface area contributed by atoms with Crippen molar-refractivity contribution < 1.29 is 14.3 Å². The van der Waals surface area contributed by atoms with Gasteiger partial charge in [-0.15, -0.1) is 0 Å². The lowest BCUT2D eigenvalue weighted by atomic mass is 10.0. The Morgan fingerprint density at radius 2 is 1.82 bits per heavy atom. The molecule has 1 amide bonds. The molecular weight excluding hydrogens is 426 g/mol. The second kappa shape index (κ2) is 9.69. The fourth-order valence-corrected chi connectivity index (χ4v) is 4.57. The number of ether oxygens (including phenoxy) is 2. The molecule has 6 heteroatoms. The van der Waals surface area contributed by atoms with E-state index in [0.29, 0.717) is 36.0 Å². The lowest BCUT2D eigenvalue weighted by Gasteiger charge is -2.19. The molecule has 2 aromatic carbocycles. The highest BCUT2D eigenvalue weighted by Gasteiger charge is 2.31. The summed E-state index contributed by atoms with van der Waals surface area (Å²) < 4.78 is 11.6. The van der Waals surface area contributed by atoms with Gasteiger partial charge >= 0.3 is 0 Å². The number of hydrogen-bond acceptors (Lipinski definition) is 5. The van der Waals surface area contributed by atoms with Crippen LogP contribution in [0.15, 0.2) is 67.2 Å². The molecule has 0 spiro atoms. The van der Waals surface area contributed by atoms with Crippen molar-refractivity contribution in [2.75, 3.05) is 38.3 Å². The molecule has 6 nitrogen and oxygen atoms in total. The van der Waals surface area contributed by atoms with Crippen LogP contribution in [0.5, 0.6) is 11.5 Å². The summed E-state index contributed by atoms with van der Waals surface area (Å²) in [5, 5.41) is 0. The van der Waals surface area contributed by atoms with Gasteiger partial charge in [0.2, 0.25) is 0 Å². The van der Waals surface area contributed by atoms with Crippen LogP contribution in [0.25, 0.3) is 5.57 Å². The quantitative estimate of drug-likeness (QED) is 0.489. The maximum atomic E-state index is 13.3. The maximum absolute atomic E-state index is 13.3. The Balaban J connectivity index is 1.31. The van der Waals surface area contributed by atoms with Gasteiger partial charge < -0.3 is 14.4 Å². The minimum absolute atomic E-state index is 0.123. The smallest absolute Gasteiger partial charge is 0.277 e. The molecule has 5 rings (SSSR count). The molecule has 0 bridgehead atoms. The van der Waals surface area contributed by atoms with Crippen LogP contribution in [0.1, 0.15) is 40.2 Å². The number of carbonyl (C=O) groups is 1. The minimum atomic E-state index is -0.123. The average Bonchev–Trinajstić information content (AvgIpc) is 3.52. The van der Waals surface area contributed by atoms with Gasteiger partial charge in [-0.2, -0.15) is 0 Å². The maximum Gasteiger partial charge on any atom is 0.277 e. The molecule has 3 aromatic rings. The molecule has 1 saturated heterocycles. The highest BCUT2D eigenvalue weighted by Crippen LogP contribution is 2.35. The van der Waals surface area contributed by atoms with Crippen molar-refractivity contribution in [3.05, 3.63) is 89.8 Å². The fourth-order valence-electron chi connectivity index (χ4n) is 4.57. The van der Waals surface area contributed by atoms with Crippen LogP contribution in [0.2, 0.25) is 0 Å². The van der Waals surface area contributed by atoms with Crippen molar-refractivity contribution in [3.63, 3.8) is 0 Å². The Labute approximate surface area is 200 Å². The summed E-state index contributed by atoms with van der Waals surface area (Å²) in [5.41, 5.74) is 4.63. The van der Waals surface area contributed by atoms with Gasteiger partial charge in [-0.3, -0.25) is 9.69 Å². The first-order valence-corrected chi connectivity index (χ1v) is 11.7. The van der Waals surface area contributed by atoms with E-state index in [0.717, 1.165) is 42.0 Å². The summed E-state index contributed by atoms with van der Waals surface area (Å²) >= 11 is 0. The summed E-state index contributed by atoms with van der Waals surface area (Å²) in [5.74, 6) is 1.19. The van der Waals surface area contributed by atoms with E-state index in [1.54, 1.807) is 12.0 Å². The third-order valence-corrected chi connectivity index (χ3v) is 6.51. The first-order valence-electron chi connectivity index (χ1n) is 11.7. The molecule has 0 aliphatic carbocycles. The molecule has 0 unspecified atom stereocenters. The number of benzene rings is 2. The number of amides is 1. The van der Waals surface area contributed by atoms with Gasteiger partial charge in [0.1, 0.15) is 12.3 Å². The zero-order valence-electron chi connectivity index (χ0n) is 19.5. The number of anilines is 1. The van der Waals surface area contributed by atoms with Crippen molar-refractivity contribution in [2.45, 2.75) is 19.4 Å². The summed E-state index contributed by atoms with van der Waals surface area (Å²) in [6, 6.07) is 19.4. The van der Waals surface area contributed by atoms with Crippen molar-refractivity contribution in [2.24, 2.45) is 0 Å². The lowest BCUT2D eigenvalue weighted by Crippen LogP contribution is -2.25. The molecule has 2 aliphatic rings. The van der Waals surface area contributed by atoms with E-state index >= 15 is 0 Å². The summed E-state index contributed by atoms with van der Waals surface area (Å²) in [6.07, 6.45) is 2.53. The minimum Gasteiger partial charge on any atom is -0.493 e. The molecular formula is C28H29N3O3. The van der Waals surface area contributed by atoms with Crippen LogP contribution in [-0.4, -0.2) is 49.1 Å². The molecule has 1 fully saturated rings. The van der Waals surface area contributed by atoms with E-state index in [1.807, 2.05) is 60.7 Å². The molecule has 1 aromatic heterocycles. The zero-order chi connectivity index (χ0) is 23.5. The lowest BCUT2D eigenvalue weighted by molar-refractivity contribution is 0.0992. The number of rotatable bonds is 8. The number of pyridine rings is 1. The number of likely N-dealkylation sites (tertiary alicyclic amines) is 1. The first kappa shape index (κ1) is 22.2. The Hall–Kier alpha value is -3.64. The van der Waals surface area contributed by atoms with Crippen molar-refractivity contribution >= 4 is 17.2 Å². The van der Waals surface area contributed by atoms with Gasteiger partial charge in [0.25, 0.3) is 5.91 Å². The topological polar surface area (TPSA) is 54.9 Å². The number of hydrogen-bond donors (Lipinski definition) is 0. The van der Waals surface area contributed by atoms with Gasteiger partial charge in [-0.1, -0.05) is 43.0 Å². The molecule has 0 saturated carbocycles. The number of fused-ring (bicyclic) bond motifs is 1. The van der Waals surface area contributed by atoms with Crippen molar-refractivity contribution in [1.29, 1.82) is 0 Å². The Bertz CT molecular complexity index is 1200. The van der Waals surface area contributed by atoms with Gasteiger partial charge in [-0.05, 0) is 49.7 Å². The summed E-state index contributed by atoms with van der Waals surface area (Å²) in [6.45, 7) is 8.47. The highest BCUT2D eigenvalue weighted by atomic mass is 16.5. The largest absolute Gasteiger partial charge is 0.493 e. The molecule has 34 heavy (non-hydrogen) atoms. The van der Waals surface area contributed by atoms with Crippen LogP contribution in [-0.2, 0) is 6.54 Å². The van der Waals surface area contributed by atoms with E-state index in [9.17, 15) is 4.79 Å². The second-order valence-electron chi connectivity index (χ2n) is 8.67. The molecule has 2 aliphatic heterocycles. The van der Waals surface area contributed by atoms with E-state index in [4.69, 9.17) is 9.47 Å². The monoisotopic (exact) mass is 455 g/mol. The number of nitrogens with zero attached hydrogens (tertiary/aromatic N) is 3. The standard InChI is InChI=1S/C28H29N3O3/c1-20(21-8-4-3-5-9-21)24-12-10-22-19-31(28(32)27(22)29-24)23-11-13-25(26(18-23)33-2)34-17-16-30-14-6-7-15-30/h3-5,8-13,18H,1,6-7,14-17,19H2,2H3. The first-order chi connectivity index (χ1) is 16.6. The van der Waals surface area contributed by atoms with Gasteiger partial charge in [0.05, 0.1) is 19.3 Å². The average molecular weight is 456 g/mol. The zero-order valence-corrected chi connectivity index (χ0v) is 19.5. The fraction of sp³-hybridized carbons (Fsp3) is 0.286. The van der Waals surface area contributed by atoms with Crippen molar-refractivity contribution in [1.82, 2.24) is 9.88 Å². The Morgan fingerprint density at radius 3 is 2.59 bits per heavy atom. The molecule has 0 radical (unpaired) electrons. The van der Waals surface area contributed by atoms with Crippen LogP contribution in [0.3, 0.4) is 0 Å². The van der Waals surface area contributed by atoms with Crippen LogP contribution < -0.4 is 14.4 Å². The normalized spacial score (nSPS) is 15.4. The van der Waals surface area contributed by atoms with E-state index < -0.39 is 0 Å². The predicted octanol–water partition coefficient (Wildman–Crippen LogP) is 4.79. The molecule has 3 heterocycles. The summed E-state index contributed by atoms with van der Waals surface area (Å²) in [4.78, 5) is 22.1. The number of methoxy groups -OCH3 is 1. The SMILES string of the molecule is C=C(c1ccccc1)c1ccc2c(n1)C(=O)N(c1ccc(OCCN3CCCC3)c(OC)c1)C2. The van der Waals surface area contributed by atoms with Gasteiger partial charge in [0.15, 0.2) is 11.5 Å². The molecule has 174 valence electrons. The van der Waals surface area contributed by atoms with E-state index in [1.165, 1.54) is 12.8 Å². The van der Waals surface area contributed by atoms with Crippen LogP contribution in [0, 0.1) is 0 Å². The van der Waals surface area contributed by atoms with Gasteiger partial charge in [-0.25, -0.2) is 4.98 Å².